The summed E-state index contributed by atoms with van der Waals surface area (Å²) in [5.41, 5.74) is -0.177. The minimum absolute atomic E-state index is 0.0626. The van der Waals surface area contributed by atoms with Crippen LogP contribution in [0.3, 0.4) is 0 Å². The van der Waals surface area contributed by atoms with Crippen molar-refractivity contribution in [1.82, 2.24) is 0 Å². The third kappa shape index (κ3) is 4.14. The lowest BCUT2D eigenvalue weighted by atomic mass is 10.1. The van der Waals surface area contributed by atoms with Gasteiger partial charge in [0.2, 0.25) is 0 Å². The van der Waals surface area contributed by atoms with Gasteiger partial charge in [-0.2, -0.15) is 18.4 Å². The molecular formula is C19H16F3N3O2. The number of rotatable bonds is 5. The maximum Gasteiger partial charge on any atom is 0.418 e. The SMILES string of the molecule is N#Cc1ccc(C(F)(F)F)c(NCCCN2C(=O)COc3ccccc32)c1. The number of nitrogens with zero attached hydrogens (tertiary/aromatic N) is 2. The van der Waals surface area contributed by atoms with Crippen molar-refractivity contribution in [3.05, 3.63) is 53.6 Å². The minimum atomic E-state index is -4.52. The molecule has 1 amide bonds. The van der Waals surface area contributed by atoms with E-state index in [0.717, 1.165) is 12.1 Å². The molecule has 0 saturated carbocycles. The summed E-state index contributed by atoms with van der Waals surface area (Å²) in [6.07, 6.45) is -4.09. The van der Waals surface area contributed by atoms with Gasteiger partial charge in [0.15, 0.2) is 6.61 Å². The summed E-state index contributed by atoms with van der Waals surface area (Å²) in [5, 5.41) is 11.6. The van der Waals surface area contributed by atoms with Gasteiger partial charge in [0.05, 0.1) is 22.9 Å². The molecule has 1 aliphatic rings. The molecule has 8 heteroatoms. The van der Waals surface area contributed by atoms with E-state index in [4.69, 9.17) is 10.00 Å². The molecule has 1 heterocycles. The van der Waals surface area contributed by atoms with Crippen molar-refractivity contribution in [2.45, 2.75) is 12.6 Å². The predicted octanol–water partition coefficient (Wildman–Crippen LogP) is 3.80. The number of para-hydroxylation sites is 2. The summed E-state index contributed by atoms with van der Waals surface area (Å²) in [6.45, 7) is 0.489. The lowest BCUT2D eigenvalue weighted by Gasteiger charge is -2.29. The van der Waals surface area contributed by atoms with Crippen LogP contribution < -0.4 is 15.0 Å². The summed E-state index contributed by atoms with van der Waals surface area (Å²) in [4.78, 5) is 13.7. The molecule has 5 nitrogen and oxygen atoms in total. The Bertz CT molecular complexity index is 890. The zero-order chi connectivity index (χ0) is 19.4. The van der Waals surface area contributed by atoms with E-state index in [1.165, 1.54) is 6.07 Å². The molecule has 0 spiro atoms. The van der Waals surface area contributed by atoms with Gasteiger partial charge in [-0.15, -0.1) is 0 Å². The van der Waals surface area contributed by atoms with Crippen molar-refractivity contribution in [2.75, 3.05) is 29.9 Å². The number of hydrogen-bond acceptors (Lipinski definition) is 4. The van der Waals surface area contributed by atoms with E-state index in [2.05, 4.69) is 5.32 Å². The van der Waals surface area contributed by atoms with Crippen LogP contribution >= 0.6 is 0 Å². The number of halogens is 3. The highest BCUT2D eigenvalue weighted by Crippen LogP contribution is 2.35. The molecule has 0 aliphatic carbocycles. The van der Waals surface area contributed by atoms with Gasteiger partial charge >= 0.3 is 6.18 Å². The van der Waals surface area contributed by atoms with E-state index < -0.39 is 11.7 Å². The monoisotopic (exact) mass is 375 g/mol. The van der Waals surface area contributed by atoms with Crippen LogP contribution in [0.1, 0.15) is 17.5 Å². The van der Waals surface area contributed by atoms with Gasteiger partial charge < -0.3 is 15.0 Å². The molecule has 3 rings (SSSR count). The lowest BCUT2D eigenvalue weighted by molar-refractivity contribution is -0.137. The largest absolute Gasteiger partial charge is 0.482 e. The molecule has 2 aromatic rings. The highest BCUT2D eigenvalue weighted by atomic mass is 19.4. The summed E-state index contributed by atoms with van der Waals surface area (Å²) in [7, 11) is 0. The average Bonchev–Trinajstić information content (AvgIpc) is 2.65. The highest BCUT2D eigenvalue weighted by molar-refractivity contribution is 5.97. The van der Waals surface area contributed by atoms with Crippen molar-refractivity contribution >= 4 is 17.3 Å². The van der Waals surface area contributed by atoms with E-state index in [-0.39, 0.29) is 30.3 Å². The number of nitriles is 1. The van der Waals surface area contributed by atoms with Crippen molar-refractivity contribution in [1.29, 1.82) is 5.26 Å². The minimum Gasteiger partial charge on any atom is -0.482 e. The fraction of sp³-hybridized carbons (Fsp3) is 0.263. The number of carbonyl (C=O) groups excluding carboxylic acids is 1. The summed E-state index contributed by atoms with van der Waals surface area (Å²) < 4.78 is 44.7. The molecule has 2 aromatic carbocycles. The Morgan fingerprint density at radius 3 is 2.74 bits per heavy atom. The molecule has 1 N–H and O–H groups in total. The number of benzene rings is 2. The number of alkyl halides is 3. The van der Waals surface area contributed by atoms with Gasteiger partial charge in [0.25, 0.3) is 5.91 Å². The number of ether oxygens (including phenoxy) is 1. The van der Waals surface area contributed by atoms with E-state index in [1.54, 1.807) is 29.2 Å². The Labute approximate surface area is 154 Å². The average molecular weight is 375 g/mol. The molecule has 0 aromatic heterocycles. The number of carbonyl (C=O) groups is 1. The fourth-order valence-electron chi connectivity index (χ4n) is 2.87. The Kier molecular flexibility index (Phi) is 5.21. The molecule has 0 unspecified atom stereocenters. The van der Waals surface area contributed by atoms with Gasteiger partial charge in [0.1, 0.15) is 5.75 Å². The van der Waals surface area contributed by atoms with Gasteiger partial charge in [0, 0.05) is 18.8 Å². The van der Waals surface area contributed by atoms with Gasteiger partial charge in [-0.3, -0.25) is 4.79 Å². The Morgan fingerprint density at radius 1 is 1.22 bits per heavy atom. The second kappa shape index (κ2) is 7.58. The van der Waals surface area contributed by atoms with Crippen LogP contribution in [0.5, 0.6) is 5.75 Å². The standard InChI is InChI=1S/C19H16F3N3O2/c20-19(21,22)14-7-6-13(11-23)10-15(14)24-8-3-9-25-16-4-1-2-5-17(16)27-12-18(25)26/h1-2,4-7,10,24H,3,8-9,12H2. The maximum atomic E-state index is 13.1. The molecule has 27 heavy (non-hydrogen) atoms. The number of anilines is 2. The summed E-state index contributed by atoms with van der Waals surface area (Å²) >= 11 is 0. The Hall–Kier alpha value is -3.21. The van der Waals surface area contributed by atoms with Crippen LogP contribution in [0.25, 0.3) is 0 Å². The third-order valence-corrected chi connectivity index (χ3v) is 4.14. The number of nitrogens with one attached hydrogen (secondary N) is 1. The van der Waals surface area contributed by atoms with Crippen molar-refractivity contribution < 1.29 is 22.7 Å². The quantitative estimate of drug-likeness (QED) is 0.808. The molecular weight excluding hydrogens is 359 g/mol. The fourth-order valence-corrected chi connectivity index (χ4v) is 2.87. The van der Waals surface area contributed by atoms with E-state index in [1.807, 2.05) is 6.07 Å². The number of fused-ring (bicyclic) bond motifs is 1. The molecule has 0 radical (unpaired) electrons. The molecule has 140 valence electrons. The first-order valence-corrected chi connectivity index (χ1v) is 8.27. The van der Waals surface area contributed by atoms with Crippen LogP contribution in [-0.2, 0) is 11.0 Å². The number of amides is 1. The second-order valence-electron chi connectivity index (χ2n) is 5.95. The Morgan fingerprint density at radius 2 is 2.00 bits per heavy atom. The second-order valence-corrected chi connectivity index (χ2v) is 5.95. The molecule has 0 saturated heterocycles. The molecule has 0 bridgehead atoms. The smallest absolute Gasteiger partial charge is 0.418 e. The highest BCUT2D eigenvalue weighted by Gasteiger charge is 2.33. The van der Waals surface area contributed by atoms with E-state index in [0.29, 0.717) is 24.4 Å². The van der Waals surface area contributed by atoms with E-state index >= 15 is 0 Å². The molecule has 0 fully saturated rings. The summed E-state index contributed by atoms with van der Waals surface area (Å²) in [5.74, 6) is 0.405. The summed E-state index contributed by atoms with van der Waals surface area (Å²) in [6, 6.07) is 12.1. The predicted molar refractivity (Wildman–Crippen MR) is 93.6 cm³/mol. The topological polar surface area (TPSA) is 65.4 Å². The van der Waals surface area contributed by atoms with Crippen molar-refractivity contribution in [2.24, 2.45) is 0 Å². The van der Waals surface area contributed by atoms with Crippen LogP contribution in [0.2, 0.25) is 0 Å². The molecule has 0 atom stereocenters. The normalized spacial score (nSPS) is 13.6. The van der Waals surface area contributed by atoms with Crippen molar-refractivity contribution in [3.63, 3.8) is 0 Å². The van der Waals surface area contributed by atoms with Gasteiger partial charge in [-0.05, 0) is 36.8 Å². The Balaban J connectivity index is 1.66. The van der Waals surface area contributed by atoms with Gasteiger partial charge in [-0.1, -0.05) is 12.1 Å². The first kappa shape index (κ1) is 18.6. The van der Waals surface area contributed by atoms with E-state index in [9.17, 15) is 18.0 Å². The lowest BCUT2D eigenvalue weighted by Crippen LogP contribution is -2.39. The van der Waals surface area contributed by atoms with Crippen LogP contribution in [-0.4, -0.2) is 25.6 Å². The zero-order valence-corrected chi connectivity index (χ0v) is 14.2. The van der Waals surface area contributed by atoms with Crippen LogP contribution in [0.15, 0.2) is 42.5 Å². The van der Waals surface area contributed by atoms with Crippen LogP contribution in [0, 0.1) is 11.3 Å². The first-order chi connectivity index (χ1) is 12.9. The van der Waals surface area contributed by atoms with Crippen molar-refractivity contribution in [3.8, 4) is 11.8 Å². The third-order valence-electron chi connectivity index (χ3n) is 4.14. The first-order valence-electron chi connectivity index (χ1n) is 8.27. The maximum absolute atomic E-state index is 13.1. The zero-order valence-electron chi connectivity index (χ0n) is 14.2. The number of hydrogen-bond donors (Lipinski definition) is 1. The molecule has 1 aliphatic heterocycles. The van der Waals surface area contributed by atoms with Crippen LogP contribution in [0.4, 0.5) is 24.5 Å². The van der Waals surface area contributed by atoms with Gasteiger partial charge in [-0.25, -0.2) is 0 Å².